The van der Waals surface area contributed by atoms with Crippen LogP contribution in [0.3, 0.4) is 0 Å². The van der Waals surface area contributed by atoms with Crippen molar-refractivity contribution >= 4 is 21.6 Å². The first kappa shape index (κ1) is 21.8. The maximum absolute atomic E-state index is 13.9. The largest absolute Gasteiger partial charge is 0.347 e. The summed E-state index contributed by atoms with van der Waals surface area (Å²) in [5, 5.41) is 2.65. The molecule has 0 amide bonds. The third-order valence-corrected chi connectivity index (χ3v) is 6.70. The summed E-state index contributed by atoms with van der Waals surface area (Å²) >= 11 is 5.91. The van der Waals surface area contributed by atoms with Crippen molar-refractivity contribution in [2.75, 3.05) is 19.6 Å². The number of hydrogen-bond donors (Lipinski definition) is 3. The number of H-pyrrole nitrogens is 1. The second-order valence-corrected chi connectivity index (χ2v) is 9.40. The van der Waals surface area contributed by atoms with Crippen LogP contribution in [0.2, 0.25) is 5.02 Å². The minimum Gasteiger partial charge on any atom is -0.347 e. The number of aromatic nitrogens is 2. The minimum absolute atomic E-state index is 0.152. The van der Waals surface area contributed by atoms with E-state index >= 15 is 0 Å². The zero-order valence-electron chi connectivity index (χ0n) is 16.0. The number of hydrogen-bond acceptors (Lipinski definition) is 4. The van der Waals surface area contributed by atoms with E-state index in [1.54, 1.807) is 0 Å². The summed E-state index contributed by atoms with van der Waals surface area (Å²) in [4.78, 5) is 6.98. The molecule has 0 radical (unpaired) electrons. The van der Waals surface area contributed by atoms with E-state index in [0.717, 1.165) is 31.3 Å². The molecule has 1 unspecified atom stereocenters. The molecule has 1 aliphatic heterocycles. The molecule has 11 heteroatoms. The van der Waals surface area contributed by atoms with Crippen molar-refractivity contribution in [2.24, 2.45) is 5.92 Å². The number of rotatable bonds is 7. The third kappa shape index (κ3) is 4.62. The first-order valence-electron chi connectivity index (χ1n) is 9.40. The Labute approximate surface area is 181 Å². The zero-order chi connectivity index (χ0) is 22.2. The Morgan fingerprint density at radius 3 is 2.35 bits per heavy atom. The minimum atomic E-state index is -3.88. The molecule has 1 aromatic heterocycles. The van der Waals surface area contributed by atoms with Gasteiger partial charge in [-0.3, -0.25) is 0 Å². The van der Waals surface area contributed by atoms with Crippen LogP contribution in [0.25, 0.3) is 0 Å². The molecule has 0 spiro atoms. The summed E-state index contributed by atoms with van der Waals surface area (Å²) in [5.74, 6) is -3.23. The lowest BCUT2D eigenvalue weighted by Crippen LogP contribution is -2.48. The molecule has 0 aliphatic carbocycles. The van der Waals surface area contributed by atoms with Gasteiger partial charge in [0.1, 0.15) is 11.6 Å². The van der Waals surface area contributed by atoms with E-state index in [2.05, 4.69) is 20.0 Å². The van der Waals surface area contributed by atoms with Gasteiger partial charge in [-0.05, 0) is 41.3 Å². The number of sulfonamides is 1. The second-order valence-electron chi connectivity index (χ2n) is 7.28. The molecule has 1 fully saturated rings. The van der Waals surface area contributed by atoms with Crippen LogP contribution in [-0.2, 0) is 10.0 Å². The van der Waals surface area contributed by atoms with Crippen molar-refractivity contribution in [1.29, 1.82) is 0 Å². The number of halogens is 4. The first-order chi connectivity index (χ1) is 14.7. The molecule has 0 saturated carbocycles. The Morgan fingerprint density at radius 2 is 1.74 bits per heavy atom. The number of nitrogens with one attached hydrogen (secondary N) is 3. The van der Waals surface area contributed by atoms with E-state index in [9.17, 15) is 21.6 Å². The molecular formula is C20H18ClF3N4O2S. The average Bonchev–Trinajstić information content (AvgIpc) is 3.17. The predicted molar refractivity (Wildman–Crippen MR) is 109 cm³/mol. The Kier molecular flexibility index (Phi) is 6.07. The van der Waals surface area contributed by atoms with Crippen LogP contribution in [0, 0.1) is 23.4 Å². The summed E-state index contributed by atoms with van der Waals surface area (Å²) in [5.41, 5.74) is 0.706. The van der Waals surface area contributed by atoms with Crippen LogP contribution in [0.4, 0.5) is 13.2 Å². The van der Waals surface area contributed by atoms with Gasteiger partial charge in [-0.15, -0.1) is 0 Å². The van der Waals surface area contributed by atoms with Gasteiger partial charge in [0, 0.05) is 25.8 Å². The Hall–Kier alpha value is -2.40. The van der Waals surface area contributed by atoms with Crippen molar-refractivity contribution in [1.82, 2.24) is 20.0 Å². The molecular weight excluding hydrogens is 453 g/mol. The van der Waals surface area contributed by atoms with Crippen LogP contribution in [0.1, 0.15) is 22.9 Å². The molecule has 3 N–H and O–H groups in total. The van der Waals surface area contributed by atoms with Crippen molar-refractivity contribution < 1.29 is 21.6 Å². The standard InChI is InChI=1S/C20H18ClF3N4O2S/c21-14-5-12(1-3-15(14)22)19(13-2-4-16(23)17(24)6-13)20-26-10-18(28-20)31(29,30)27-9-11-7-25-8-11/h1-6,10-11,19,25,27H,7-9H2,(H,26,28). The number of nitrogens with zero attached hydrogens (tertiary/aromatic N) is 1. The van der Waals surface area contributed by atoms with E-state index in [4.69, 9.17) is 11.6 Å². The smallest absolute Gasteiger partial charge is 0.259 e. The molecule has 1 aliphatic rings. The van der Waals surface area contributed by atoms with Crippen LogP contribution in [0.5, 0.6) is 0 Å². The molecule has 1 saturated heterocycles. The quantitative estimate of drug-likeness (QED) is 0.495. The van der Waals surface area contributed by atoms with Crippen molar-refractivity contribution in [3.63, 3.8) is 0 Å². The van der Waals surface area contributed by atoms with Crippen LogP contribution in [0.15, 0.2) is 47.6 Å². The monoisotopic (exact) mass is 470 g/mol. The van der Waals surface area contributed by atoms with Gasteiger partial charge < -0.3 is 10.3 Å². The highest BCUT2D eigenvalue weighted by Gasteiger charge is 2.27. The van der Waals surface area contributed by atoms with Gasteiger partial charge in [-0.2, -0.15) is 0 Å². The summed E-state index contributed by atoms with van der Waals surface area (Å²) in [6.07, 6.45) is 1.22. The normalized spacial score (nSPS) is 15.6. The van der Waals surface area contributed by atoms with Crippen molar-refractivity contribution in [3.05, 3.63) is 82.0 Å². The molecule has 2 heterocycles. The maximum atomic E-state index is 13.9. The predicted octanol–water partition coefficient (Wildman–Crippen LogP) is 3.16. The van der Waals surface area contributed by atoms with Crippen LogP contribution in [-0.4, -0.2) is 38.0 Å². The molecule has 6 nitrogen and oxygen atoms in total. The fourth-order valence-corrected chi connectivity index (χ4v) is 4.52. The second kappa shape index (κ2) is 8.62. The molecule has 0 bridgehead atoms. The molecule has 1 atom stereocenters. The highest BCUT2D eigenvalue weighted by molar-refractivity contribution is 7.89. The van der Waals surface area contributed by atoms with E-state index in [1.807, 2.05) is 0 Å². The Morgan fingerprint density at radius 1 is 1.06 bits per heavy atom. The lowest BCUT2D eigenvalue weighted by Gasteiger charge is -2.26. The molecule has 2 aromatic carbocycles. The van der Waals surface area contributed by atoms with E-state index in [1.165, 1.54) is 24.4 Å². The summed E-state index contributed by atoms with van der Waals surface area (Å²) in [6.45, 7) is 1.74. The summed E-state index contributed by atoms with van der Waals surface area (Å²) < 4.78 is 68.7. The molecule has 164 valence electrons. The van der Waals surface area contributed by atoms with E-state index in [0.29, 0.717) is 5.56 Å². The third-order valence-electron chi connectivity index (χ3n) is 5.10. The number of benzene rings is 2. The van der Waals surface area contributed by atoms with Gasteiger partial charge >= 0.3 is 0 Å². The van der Waals surface area contributed by atoms with Crippen molar-refractivity contribution in [3.8, 4) is 0 Å². The van der Waals surface area contributed by atoms with E-state index < -0.39 is 33.4 Å². The van der Waals surface area contributed by atoms with Gasteiger partial charge in [-0.1, -0.05) is 23.7 Å². The molecule has 31 heavy (non-hydrogen) atoms. The fraction of sp³-hybridized carbons (Fsp3) is 0.250. The number of aromatic amines is 1. The summed E-state index contributed by atoms with van der Waals surface area (Å²) in [6, 6.07) is 7.18. The van der Waals surface area contributed by atoms with Gasteiger partial charge in [0.25, 0.3) is 10.0 Å². The highest BCUT2D eigenvalue weighted by Crippen LogP contribution is 2.33. The zero-order valence-corrected chi connectivity index (χ0v) is 17.6. The Bertz CT molecular complexity index is 1160. The SMILES string of the molecule is O=S(=O)(NCC1CNC1)c1c[nH]c(C(c2ccc(F)c(F)c2)c2ccc(F)c(Cl)c2)n1. The molecule has 3 aromatic rings. The molecule has 4 rings (SSSR count). The maximum Gasteiger partial charge on any atom is 0.259 e. The lowest BCUT2D eigenvalue weighted by atomic mass is 9.90. The van der Waals surface area contributed by atoms with Gasteiger partial charge in [-0.25, -0.2) is 31.3 Å². The van der Waals surface area contributed by atoms with Crippen LogP contribution < -0.4 is 10.0 Å². The fourth-order valence-electron chi connectivity index (χ4n) is 3.29. The van der Waals surface area contributed by atoms with Gasteiger partial charge in [0.2, 0.25) is 0 Å². The van der Waals surface area contributed by atoms with Gasteiger partial charge in [0.15, 0.2) is 16.7 Å². The average molecular weight is 471 g/mol. The van der Waals surface area contributed by atoms with Crippen molar-refractivity contribution in [2.45, 2.75) is 10.9 Å². The Balaban J connectivity index is 1.71. The number of imidazole rings is 1. The lowest BCUT2D eigenvalue weighted by molar-refractivity contribution is 0.347. The van der Waals surface area contributed by atoms with Gasteiger partial charge in [0.05, 0.1) is 10.9 Å². The highest BCUT2D eigenvalue weighted by atomic mass is 35.5. The van der Waals surface area contributed by atoms with E-state index in [-0.39, 0.29) is 33.9 Å². The summed E-state index contributed by atoms with van der Waals surface area (Å²) in [7, 11) is -3.88. The topological polar surface area (TPSA) is 86.9 Å². The first-order valence-corrected chi connectivity index (χ1v) is 11.3. The van der Waals surface area contributed by atoms with Crippen LogP contribution >= 0.6 is 11.6 Å².